The SMILES string of the molecule is Cc1ccc(C=CC(=O)Nc2ccc(S(=O)(=O)Nc3ccc(C)cc3C)cc2)cc1. The normalized spacial score (nSPS) is 11.4. The molecule has 0 atom stereocenters. The van der Waals surface area contributed by atoms with Gasteiger partial charge in [0.25, 0.3) is 10.0 Å². The van der Waals surface area contributed by atoms with Crippen molar-refractivity contribution in [1.29, 1.82) is 0 Å². The van der Waals surface area contributed by atoms with E-state index < -0.39 is 10.0 Å². The maximum Gasteiger partial charge on any atom is 0.261 e. The fourth-order valence-corrected chi connectivity index (χ4v) is 4.01. The van der Waals surface area contributed by atoms with E-state index in [-0.39, 0.29) is 10.8 Å². The molecule has 0 aliphatic carbocycles. The molecule has 5 nitrogen and oxygen atoms in total. The van der Waals surface area contributed by atoms with E-state index in [1.54, 1.807) is 24.3 Å². The Morgan fingerprint density at radius 2 is 1.47 bits per heavy atom. The van der Waals surface area contributed by atoms with Crippen molar-refractivity contribution in [3.8, 4) is 0 Å². The van der Waals surface area contributed by atoms with E-state index in [9.17, 15) is 13.2 Å². The molecule has 0 radical (unpaired) electrons. The molecule has 0 unspecified atom stereocenters. The number of rotatable bonds is 6. The van der Waals surface area contributed by atoms with Crippen molar-refractivity contribution in [3.05, 3.63) is 95.1 Å². The average molecular weight is 421 g/mol. The smallest absolute Gasteiger partial charge is 0.261 e. The van der Waals surface area contributed by atoms with Crippen LogP contribution in [0.2, 0.25) is 0 Å². The largest absolute Gasteiger partial charge is 0.323 e. The van der Waals surface area contributed by atoms with Gasteiger partial charge < -0.3 is 5.32 Å². The van der Waals surface area contributed by atoms with Gasteiger partial charge in [-0.2, -0.15) is 0 Å². The van der Waals surface area contributed by atoms with Crippen LogP contribution in [0, 0.1) is 20.8 Å². The molecule has 0 saturated carbocycles. The summed E-state index contributed by atoms with van der Waals surface area (Å²) in [7, 11) is -3.72. The molecular formula is C24H24N2O3S. The number of hydrogen-bond donors (Lipinski definition) is 2. The Morgan fingerprint density at radius 1 is 0.833 bits per heavy atom. The number of carbonyl (C=O) groups is 1. The standard InChI is InChI=1S/C24H24N2O3S/c1-17-4-7-20(8-5-17)9-15-24(27)25-21-10-12-22(13-11-21)30(28,29)26-23-14-6-18(2)16-19(23)3/h4-16,26H,1-3H3,(H,25,27). The topological polar surface area (TPSA) is 75.3 Å². The number of benzene rings is 3. The highest BCUT2D eigenvalue weighted by atomic mass is 32.2. The number of amides is 1. The second-order valence-electron chi connectivity index (χ2n) is 7.18. The zero-order chi connectivity index (χ0) is 21.7. The van der Waals surface area contributed by atoms with E-state index in [4.69, 9.17) is 0 Å². The van der Waals surface area contributed by atoms with Crippen LogP contribution in [-0.4, -0.2) is 14.3 Å². The Hall–Kier alpha value is -3.38. The van der Waals surface area contributed by atoms with Crippen LogP contribution in [0.4, 0.5) is 11.4 Å². The molecule has 0 aliphatic rings. The first kappa shape index (κ1) is 21.3. The van der Waals surface area contributed by atoms with Gasteiger partial charge in [-0.05, 0) is 68.3 Å². The summed E-state index contributed by atoms with van der Waals surface area (Å²) in [6, 6.07) is 19.4. The molecule has 0 fully saturated rings. The second-order valence-corrected chi connectivity index (χ2v) is 8.86. The van der Waals surface area contributed by atoms with Crippen molar-refractivity contribution in [2.45, 2.75) is 25.7 Å². The molecule has 0 aromatic heterocycles. The van der Waals surface area contributed by atoms with Crippen LogP contribution in [0.15, 0.2) is 77.7 Å². The number of hydrogen-bond acceptors (Lipinski definition) is 3. The predicted octanol–water partition coefficient (Wildman–Crippen LogP) is 5.06. The average Bonchev–Trinajstić information content (AvgIpc) is 2.70. The minimum Gasteiger partial charge on any atom is -0.323 e. The van der Waals surface area contributed by atoms with Crippen molar-refractivity contribution in [2.75, 3.05) is 10.0 Å². The minimum atomic E-state index is -3.72. The quantitative estimate of drug-likeness (QED) is 0.547. The fraction of sp³-hybridized carbons (Fsp3) is 0.125. The number of nitrogens with one attached hydrogen (secondary N) is 2. The fourth-order valence-electron chi connectivity index (χ4n) is 2.88. The van der Waals surface area contributed by atoms with E-state index in [1.165, 1.54) is 18.2 Å². The van der Waals surface area contributed by atoms with Crippen molar-refractivity contribution in [1.82, 2.24) is 0 Å². The zero-order valence-electron chi connectivity index (χ0n) is 17.1. The van der Waals surface area contributed by atoms with Gasteiger partial charge in [0.15, 0.2) is 0 Å². The monoisotopic (exact) mass is 420 g/mol. The summed E-state index contributed by atoms with van der Waals surface area (Å²) in [5.41, 5.74) is 5.04. The Bertz CT molecular complexity index is 1180. The highest BCUT2D eigenvalue weighted by Crippen LogP contribution is 2.22. The molecule has 3 aromatic rings. The van der Waals surface area contributed by atoms with Crippen LogP contribution in [0.1, 0.15) is 22.3 Å². The molecule has 3 aromatic carbocycles. The van der Waals surface area contributed by atoms with Gasteiger partial charge in [0.1, 0.15) is 0 Å². The summed E-state index contributed by atoms with van der Waals surface area (Å²) in [5, 5.41) is 2.73. The first-order chi connectivity index (χ1) is 14.2. The summed E-state index contributed by atoms with van der Waals surface area (Å²) in [6.45, 7) is 5.81. The van der Waals surface area contributed by atoms with Crippen molar-refractivity contribution in [2.24, 2.45) is 0 Å². The van der Waals surface area contributed by atoms with Crippen LogP contribution < -0.4 is 10.0 Å². The van der Waals surface area contributed by atoms with E-state index in [1.807, 2.05) is 57.2 Å². The van der Waals surface area contributed by atoms with Crippen LogP contribution in [0.3, 0.4) is 0 Å². The van der Waals surface area contributed by atoms with Gasteiger partial charge in [0.2, 0.25) is 5.91 Å². The number of carbonyl (C=O) groups excluding carboxylic acids is 1. The van der Waals surface area contributed by atoms with Crippen LogP contribution >= 0.6 is 0 Å². The van der Waals surface area contributed by atoms with Gasteiger partial charge in [0.05, 0.1) is 10.6 Å². The number of anilines is 2. The molecule has 0 spiro atoms. The van der Waals surface area contributed by atoms with Crippen molar-refractivity contribution >= 4 is 33.4 Å². The Labute approximate surface area is 177 Å². The molecule has 0 saturated heterocycles. The molecule has 2 N–H and O–H groups in total. The summed E-state index contributed by atoms with van der Waals surface area (Å²) < 4.78 is 27.9. The lowest BCUT2D eigenvalue weighted by atomic mass is 10.1. The van der Waals surface area contributed by atoms with Gasteiger partial charge in [0, 0.05) is 11.8 Å². The minimum absolute atomic E-state index is 0.121. The first-order valence-corrected chi connectivity index (χ1v) is 11.0. The van der Waals surface area contributed by atoms with Gasteiger partial charge in [-0.15, -0.1) is 0 Å². The maximum absolute atomic E-state index is 12.6. The summed E-state index contributed by atoms with van der Waals surface area (Å²) in [4.78, 5) is 12.2. The van der Waals surface area contributed by atoms with Gasteiger partial charge >= 0.3 is 0 Å². The Balaban J connectivity index is 1.66. The van der Waals surface area contributed by atoms with Crippen molar-refractivity contribution in [3.63, 3.8) is 0 Å². The summed E-state index contributed by atoms with van der Waals surface area (Å²) in [6.07, 6.45) is 3.17. The Kier molecular flexibility index (Phi) is 6.37. The molecule has 154 valence electrons. The number of sulfonamides is 1. The molecule has 1 amide bonds. The van der Waals surface area contributed by atoms with E-state index in [2.05, 4.69) is 10.0 Å². The zero-order valence-corrected chi connectivity index (χ0v) is 18.0. The predicted molar refractivity (Wildman–Crippen MR) is 122 cm³/mol. The molecule has 0 heterocycles. The lowest BCUT2D eigenvalue weighted by molar-refractivity contribution is -0.111. The second kappa shape index (κ2) is 8.97. The van der Waals surface area contributed by atoms with Gasteiger partial charge in [-0.25, -0.2) is 8.42 Å². The molecule has 0 aliphatic heterocycles. The third-order valence-corrected chi connectivity index (χ3v) is 5.94. The molecule has 30 heavy (non-hydrogen) atoms. The van der Waals surface area contributed by atoms with E-state index in [0.717, 1.165) is 22.3 Å². The van der Waals surface area contributed by atoms with Crippen LogP contribution in [-0.2, 0) is 14.8 Å². The third-order valence-electron chi connectivity index (χ3n) is 4.56. The highest BCUT2D eigenvalue weighted by molar-refractivity contribution is 7.92. The van der Waals surface area contributed by atoms with Gasteiger partial charge in [-0.1, -0.05) is 47.5 Å². The maximum atomic E-state index is 12.6. The lowest BCUT2D eigenvalue weighted by Crippen LogP contribution is -2.14. The third kappa shape index (κ3) is 5.58. The molecule has 3 rings (SSSR count). The summed E-state index contributed by atoms with van der Waals surface area (Å²) in [5.74, 6) is -0.292. The van der Waals surface area contributed by atoms with Gasteiger partial charge in [-0.3, -0.25) is 9.52 Å². The van der Waals surface area contributed by atoms with E-state index in [0.29, 0.717) is 11.4 Å². The van der Waals surface area contributed by atoms with Crippen LogP contribution in [0.5, 0.6) is 0 Å². The molecule has 6 heteroatoms. The first-order valence-electron chi connectivity index (χ1n) is 9.49. The lowest BCUT2D eigenvalue weighted by Gasteiger charge is -2.11. The van der Waals surface area contributed by atoms with Crippen LogP contribution in [0.25, 0.3) is 6.08 Å². The Morgan fingerprint density at radius 3 is 2.10 bits per heavy atom. The molecule has 0 bridgehead atoms. The number of aryl methyl sites for hydroxylation is 3. The van der Waals surface area contributed by atoms with Crippen molar-refractivity contribution < 1.29 is 13.2 Å². The highest BCUT2D eigenvalue weighted by Gasteiger charge is 2.15. The molecular weight excluding hydrogens is 396 g/mol. The van der Waals surface area contributed by atoms with E-state index >= 15 is 0 Å². The summed E-state index contributed by atoms with van der Waals surface area (Å²) >= 11 is 0.